The second-order valence-electron chi connectivity index (χ2n) is 5.13. The quantitative estimate of drug-likeness (QED) is 0.352. The number of rotatable bonds is 13. The predicted molar refractivity (Wildman–Crippen MR) is 76.0 cm³/mol. The average Bonchev–Trinajstić information content (AvgIpc) is 2.29. The van der Waals surface area contributed by atoms with E-state index in [0.717, 1.165) is 19.3 Å². The van der Waals surface area contributed by atoms with E-state index in [1.165, 1.54) is 51.4 Å². The van der Waals surface area contributed by atoms with Crippen LogP contribution in [0.4, 0.5) is 3.89 Å². The van der Waals surface area contributed by atoms with Gasteiger partial charge in [0.15, 0.2) is 0 Å². The van der Waals surface area contributed by atoms with Gasteiger partial charge in [0.2, 0.25) is 0 Å². The van der Waals surface area contributed by atoms with E-state index in [1.54, 1.807) is 0 Å². The third-order valence-corrected chi connectivity index (χ3v) is 4.02. The Morgan fingerprint density at radius 1 is 0.667 bits per heavy atom. The number of halogens is 1. The monoisotopic (exact) mass is 280 g/mol. The highest BCUT2D eigenvalue weighted by Crippen LogP contribution is 2.12. The van der Waals surface area contributed by atoms with Crippen LogP contribution in [0.25, 0.3) is 0 Å². The van der Waals surface area contributed by atoms with Crippen molar-refractivity contribution in [2.45, 2.75) is 84.0 Å². The summed E-state index contributed by atoms with van der Waals surface area (Å²) in [5.41, 5.74) is 0. The first-order valence-corrected chi connectivity index (χ1v) is 9.04. The Bertz CT molecular complexity index is 263. The molecule has 0 aliphatic heterocycles. The lowest BCUT2D eigenvalue weighted by atomic mass is 10.1. The van der Waals surface area contributed by atoms with Crippen molar-refractivity contribution in [3.05, 3.63) is 0 Å². The maximum absolute atomic E-state index is 12.2. The lowest BCUT2D eigenvalue weighted by molar-refractivity contribution is 0.535. The summed E-state index contributed by atoms with van der Waals surface area (Å²) in [6, 6.07) is 0. The molecule has 0 spiro atoms. The van der Waals surface area contributed by atoms with Crippen LogP contribution >= 0.6 is 0 Å². The molecule has 0 aromatic rings. The van der Waals surface area contributed by atoms with Crippen LogP contribution in [0.5, 0.6) is 0 Å². The summed E-state index contributed by atoms with van der Waals surface area (Å²) in [5.74, 6) is -0.301. The molecule has 0 bridgehead atoms. The summed E-state index contributed by atoms with van der Waals surface area (Å²) >= 11 is 0. The second kappa shape index (κ2) is 11.9. The van der Waals surface area contributed by atoms with Gasteiger partial charge < -0.3 is 0 Å². The van der Waals surface area contributed by atoms with Crippen molar-refractivity contribution in [3.8, 4) is 0 Å². The van der Waals surface area contributed by atoms with E-state index in [0.29, 0.717) is 6.42 Å². The molecule has 2 nitrogen and oxygen atoms in total. The van der Waals surface area contributed by atoms with Gasteiger partial charge in [0, 0.05) is 0 Å². The van der Waals surface area contributed by atoms with Crippen LogP contribution in [0, 0.1) is 0 Å². The van der Waals surface area contributed by atoms with Gasteiger partial charge >= 0.3 is 10.2 Å². The van der Waals surface area contributed by atoms with Crippen molar-refractivity contribution in [2.75, 3.05) is 5.75 Å². The van der Waals surface area contributed by atoms with Crippen LogP contribution in [0.15, 0.2) is 0 Å². The highest BCUT2D eigenvalue weighted by Gasteiger charge is 2.05. The van der Waals surface area contributed by atoms with E-state index in [1.807, 2.05) is 0 Å². The van der Waals surface area contributed by atoms with Crippen molar-refractivity contribution >= 4 is 10.2 Å². The molecule has 0 aliphatic carbocycles. The fourth-order valence-corrected chi connectivity index (χ4v) is 2.66. The first-order valence-electron chi connectivity index (χ1n) is 7.48. The molecule has 0 fully saturated rings. The molecule has 0 N–H and O–H groups in total. The molecule has 0 unspecified atom stereocenters. The molecule has 0 aliphatic rings. The van der Waals surface area contributed by atoms with Gasteiger partial charge in [-0.25, -0.2) is 0 Å². The molecule has 0 aromatic heterocycles. The van der Waals surface area contributed by atoms with Crippen LogP contribution in [-0.4, -0.2) is 14.2 Å². The third kappa shape index (κ3) is 15.9. The molecule has 0 saturated carbocycles. The van der Waals surface area contributed by atoms with Gasteiger partial charge in [0.25, 0.3) is 0 Å². The Morgan fingerprint density at radius 2 is 1.00 bits per heavy atom. The maximum atomic E-state index is 12.2. The summed E-state index contributed by atoms with van der Waals surface area (Å²) in [4.78, 5) is 0. The molecular weight excluding hydrogens is 251 g/mol. The minimum atomic E-state index is -4.24. The minimum absolute atomic E-state index is 0.301. The van der Waals surface area contributed by atoms with E-state index in [4.69, 9.17) is 0 Å². The first kappa shape index (κ1) is 17.9. The van der Waals surface area contributed by atoms with Gasteiger partial charge in [0.1, 0.15) is 0 Å². The number of hydrogen-bond donors (Lipinski definition) is 0. The highest BCUT2D eigenvalue weighted by atomic mass is 32.3. The van der Waals surface area contributed by atoms with Crippen LogP contribution in [0.3, 0.4) is 0 Å². The lowest BCUT2D eigenvalue weighted by Crippen LogP contribution is -1.97. The van der Waals surface area contributed by atoms with Gasteiger partial charge in [-0.05, 0) is 6.42 Å². The molecule has 110 valence electrons. The molecule has 0 rings (SSSR count). The van der Waals surface area contributed by atoms with Crippen molar-refractivity contribution in [2.24, 2.45) is 0 Å². The molecule has 18 heavy (non-hydrogen) atoms. The Balaban J connectivity index is 3.03. The molecule has 0 radical (unpaired) electrons. The van der Waals surface area contributed by atoms with Crippen molar-refractivity contribution in [1.82, 2.24) is 0 Å². The van der Waals surface area contributed by atoms with E-state index in [2.05, 4.69) is 6.92 Å². The average molecular weight is 280 g/mol. The molecule has 0 amide bonds. The van der Waals surface area contributed by atoms with Crippen molar-refractivity contribution in [3.63, 3.8) is 0 Å². The summed E-state index contributed by atoms with van der Waals surface area (Å²) < 4.78 is 32.7. The lowest BCUT2D eigenvalue weighted by Gasteiger charge is -2.02. The first-order chi connectivity index (χ1) is 8.56. The maximum Gasteiger partial charge on any atom is 0.302 e. The summed E-state index contributed by atoms with van der Waals surface area (Å²) in [5, 5.41) is 0. The zero-order valence-corrected chi connectivity index (χ0v) is 12.6. The summed E-state index contributed by atoms with van der Waals surface area (Å²) in [6.45, 7) is 2.23. The van der Waals surface area contributed by atoms with E-state index in [9.17, 15) is 12.3 Å². The van der Waals surface area contributed by atoms with Crippen LogP contribution < -0.4 is 0 Å². The molecule has 4 heteroatoms. The van der Waals surface area contributed by atoms with Crippen LogP contribution in [0.2, 0.25) is 0 Å². The summed E-state index contributed by atoms with van der Waals surface area (Å²) in [7, 11) is -4.24. The standard InChI is InChI=1S/C14H29FO2S/c1-2-3-4-5-6-7-8-9-10-11-12-13-14-18(15,16)17/h2-14H2,1H3. The van der Waals surface area contributed by atoms with E-state index in [-0.39, 0.29) is 5.75 Å². The zero-order valence-electron chi connectivity index (χ0n) is 11.8. The molecule has 0 saturated heterocycles. The smallest absolute Gasteiger partial charge is 0.195 e. The van der Waals surface area contributed by atoms with Crippen LogP contribution in [0.1, 0.15) is 84.0 Å². The van der Waals surface area contributed by atoms with Crippen molar-refractivity contribution < 1.29 is 12.3 Å². The number of hydrogen-bond acceptors (Lipinski definition) is 2. The van der Waals surface area contributed by atoms with Gasteiger partial charge in [0.05, 0.1) is 5.75 Å². The van der Waals surface area contributed by atoms with Crippen molar-refractivity contribution in [1.29, 1.82) is 0 Å². The normalized spacial score (nSPS) is 11.9. The SMILES string of the molecule is CCCCCCCCCCCCCCS(=O)(=O)F. The Labute approximate surface area is 113 Å². The summed E-state index contributed by atoms with van der Waals surface area (Å²) in [6.07, 6.45) is 14.1. The zero-order chi connectivity index (χ0) is 13.7. The molecule has 0 atom stereocenters. The van der Waals surface area contributed by atoms with E-state index >= 15 is 0 Å². The van der Waals surface area contributed by atoms with Gasteiger partial charge in [-0.15, -0.1) is 3.89 Å². The van der Waals surface area contributed by atoms with Gasteiger partial charge in [-0.1, -0.05) is 77.6 Å². The largest absolute Gasteiger partial charge is 0.302 e. The fraction of sp³-hybridized carbons (Fsp3) is 1.00. The van der Waals surface area contributed by atoms with Gasteiger partial charge in [-0.2, -0.15) is 8.42 Å². The molecule has 0 heterocycles. The second-order valence-corrected chi connectivity index (χ2v) is 6.62. The van der Waals surface area contributed by atoms with Crippen LogP contribution in [-0.2, 0) is 10.2 Å². The Hall–Kier alpha value is -0.120. The Kier molecular flexibility index (Phi) is 11.9. The topological polar surface area (TPSA) is 34.1 Å². The minimum Gasteiger partial charge on any atom is -0.195 e. The third-order valence-electron chi connectivity index (χ3n) is 3.24. The van der Waals surface area contributed by atoms with E-state index < -0.39 is 10.2 Å². The molecular formula is C14H29FO2S. The molecule has 0 aromatic carbocycles. The van der Waals surface area contributed by atoms with Gasteiger partial charge in [-0.3, -0.25) is 0 Å². The number of unbranched alkanes of at least 4 members (excludes halogenated alkanes) is 11. The predicted octanol–water partition coefficient (Wildman–Crippen LogP) is 4.99. The Morgan fingerprint density at radius 3 is 1.33 bits per heavy atom. The highest BCUT2D eigenvalue weighted by molar-refractivity contribution is 7.86. The fourth-order valence-electron chi connectivity index (χ4n) is 2.12.